The predicted molar refractivity (Wildman–Crippen MR) is 28.6 cm³/mol. The van der Waals surface area contributed by atoms with E-state index >= 15 is 0 Å². The number of aliphatic hydroxyl groups is 1. The molecule has 0 rings (SSSR count). The van der Waals surface area contributed by atoms with E-state index in [1.165, 1.54) is 0 Å². The topological polar surface area (TPSA) is 57.5 Å². The van der Waals surface area contributed by atoms with Crippen LogP contribution < -0.4 is 0 Å². The van der Waals surface area contributed by atoms with Crippen LogP contribution in [0.2, 0.25) is 0 Å². The summed E-state index contributed by atoms with van der Waals surface area (Å²) in [6, 6.07) is 0. The van der Waals surface area contributed by atoms with Gasteiger partial charge in [-0.2, -0.15) is 0 Å². The summed E-state index contributed by atoms with van der Waals surface area (Å²) in [5, 5.41) is 16.6. The summed E-state index contributed by atoms with van der Waals surface area (Å²) >= 11 is 0. The Morgan fingerprint density at radius 2 is 2.11 bits per heavy atom. The predicted octanol–water partition coefficient (Wildman–Crippen LogP) is 0.230. The first kappa shape index (κ1) is 11.9. The van der Waals surface area contributed by atoms with Gasteiger partial charge in [0, 0.05) is 21.7 Å². The number of rotatable bonds is 3. The quantitative estimate of drug-likeness (QED) is 0.590. The number of aliphatic carboxylic acids is 1. The van der Waals surface area contributed by atoms with Crippen molar-refractivity contribution in [3.05, 3.63) is 0 Å². The number of carboxylic acids is 1. The van der Waals surface area contributed by atoms with E-state index < -0.39 is 12.1 Å². The molecule has 9 heavy (non-hydrogen) atoms. The average Bonchev–Trinajstić information content (AvgIpc) is 1.67. The fourth-order valence-corrected chi connectivity index (χ4v) is 0.397. The van der Waals surface area contributed by atoms with Crippen LogP contribution in [0.15, 0.2) is 0 Å². The Hall–Kier alpha value is 0.144. The summed E-state index contributed by atoms with van der Waals surface area (Å²) in [6.45, 7) is 1.83. The molecule has 0 aliphatic heterocycles. The summed E-state index contributed by atoms with van der Waals surface area (Å²) in [5.74, 6) is -1.13. The molecule has 0 aromatic heterocycles. The fourth-order valence-electron chi connectivity index (χ4n) is 0.397. The number of hydrogen-bond donors (Lipinski definition) is 2. The third kappa shape index (κ3) is 6.02. The fraction of sp³-hybridized carbons (Fsp3) is 0.800. The standard InChI is InChI=1S/C5H10O3.Ti/c1-2-3-4(6)5(7)8;/h4,6H,2-3H2,1H3,(H,7,8);. The zero-order valence-corrected chi connectivity index (χ0v) is 6.86. The molecule has 0 fully saturated rings. The van der Waals surface area contributed by atoms with Gasteiger partial charge in [0.05, 0.1) is 0 Å². The van der Waals surface area contributed by atoms with Crippen molar-refractivity contribution in [3.8, 4) is 0 Å². The van der Waals surface area contributed by atoms with Crippen molar-refractivity contribution in [2.24, 2.45) is 0 Å². The summed E-state index contributed by atoms with van der Waals surface area (Å²) in [7, 11) is 0. The van der Waals surface area contributed by atoms with Gasteiger partial charge in [0.2, 0.25) is 0 Å². The van der Waals surface area contributed by atoms with Gasteiger partial charge in [0.15, 0.2) is 6.10 Å². The molecule has 0 saturated carbocycles. The van der Waals surface area contributed by atoms with Gasteiger partial charge >= 0.3 is 5.97 Å². The second kappa shape index (κ2) is 6.27. The third-order valence-electron chi connectivity index (χ3n) is 0.847. The van der Waals surface area contributed by atoms with E-state index in [1.807, 2.05) is 6.92 Å². The zero-order chi connectivity index (χ0) is 6.57. The number of hydrogen-bond acceptors (Lipinski definition) is 2. The average molecular weight is 166 g/mol. The summed E-state index contributed by atoms with van der Waals surface area (Å²) in [5.41, 5.74) is 0. The minimum absolute atomic E-state index is 0. The smallest absolute Gasteiger partial charge is 0.332 e. The van der Waals surface area contributed by atoms with Crippen molar-refractivity contribution in [2.45, 2.75) is 25.9 Å². The maximum Gasteiger partial charge on any atom is 0.332 e. The normalized spacial score (nSPS) is 11.8. The molecule has 0 aliphatic carbocycles. The van der Waals surface area contributed by atoms with Crippen LogP contribution in [0.4, 0.5) is 0 Å². The van der Waals surface area contributed by atoms with Crippen LogP contribution in [-0.2, 0) is 26.5 Å². The van der Waals surface area contributed by atoms with E-state index in [0.29, 0.717) is 12.8 Å². The molecule has 2 N–H and O–H groups in total. The Balaban J connectivity index is 0. The molecule has 0 bridgehead atoms. The second-order valence-electron chi connectivity index (χ2n) is 1.64. The second-order valence-corrected chi connectivity index (χ2v) is 1.64. The van der Waals surface area contributed by atoms with E-state index in [4.69, 9.17) is 10.2 Å². The molecule has 0 radical (unpaired) electrons. The maximum absolute atomic E-state index is 9.84. The van der Waals surface area contributed by atoms with E-state index in [-0.39, 0.29) is 21.7 Å². The van der Waals surface area contributed by atoms with Crippen LogP contribution in [0.5, 0.6) is 0 Å². The molecule has 0 saturated heterocycles. The first-order valence-corrected chi connectivity index (χ1v) is 2.59. The van der Waals surface area contributed by atoms with Gasteiger partial charge in [0.25, 0.3) is 0 Å². The van der Waals surface area contributed by atoms with Gasteiger partial charge < -0.3 is 10.2 Å². The number of carboxylic acid groups (broad SMARTS) is 1. The summed E-state index contributed by atoms with van der Waals surface area (Å²) in [6.07, 6.45) is -0.122. The molecule has 0 aliphatic rings. The van der Waals surface area contributed by atoms with Crippen molar-refractivity contribution in [2.75, 3.05) is 0 Å². The van der Waals surface area contributed by atoms with Crippen molar-refractivity contribution < 1.29 is 36.7 Å². The van der Waals surface area contributed by atoms with E-state index in [2.05, 4.69) is 0 Å². The van der Waals surface area contributed by atoms with Gasteiger partial charge in [-0.25, -0.2) is 4.79 Å². The van der Waals surface area contributed by atoms with Crippen LogP contribution in [0, 0.1) is 0 Å². The van der Waals surface area contributed by atoms with Crippen LogP contribution >= 0.6 is 0 Å². The molecule has 52 valence electrons. The molecular weight excluding hydrogens is 156 g/mol. The Kier molecular flexibility index (Phi) is 8.27. The van der Waals surface area contributed by atoms with Crippen LogP contribution in [0.1, 0.15) is 19.8 Å². The largest absolute Gasteiger partial charge is 0.479 e. The molecule has 1 unspecified atom stereocenters. The Morgan fingerprint density at radius 3 is 2.22 bits per heavy atom. The first-order valence-electron chi connectivity index (χ1n) is 2.59. The minimum Gasteiger partial charge on any atom is -0.479 e. The molecule has 4 heteroatoms. The molecule has 0 spiro atoms. The minimum atomic E-state index is -1.17. The molecule has 0 amide bonds. The van der Waals surface area contributed by atoms with Crippen molar-refractivity contribution in [3.63, 3.8) is 0 Å². The molecule has 0 aromatic rings. The summed E-state index contributed by atoms with van der Waals surface area (Å²) in [4.78, 5) is 9.84. The molecule has 0 heterocycles. The zero-order valence-electron chi connectivity index (χ0n) is 5.29. The van der Waals surface area contributed by atoms with Gasteiger partial charge in [-0.05, 0) is 6.42 Å². The SMILES string of the molecule is CCCC(O)C(=O)O.[Ti]. The van der Waals surface area contributed by atoms with Crippen LogP contribution in [-0.4, -0.2) is 22.3 Å². The molecule has 0 aromatic carbocycles. The van der Waals surface area contributed by atoms with Crippen LogP contribution in [0.3, 0.4) is 0 Å². The third-order valence-corrected chi connectivity index (χ3v) is 0.847. The van der Waals surface area contributed by atoms with Crippen molar-refractivity contribution >= 4 is 5.97 Å². The van der Waals surface area contributed by atoms with Crippen LogP contribution in [0.25, 0.3) is 0 Å². The maximum atomic E-state index is 9.84. The van der Waals surface area contributed by atoms with E-state index in [1.54, 1.807) is 0 Å². The Morgan fingerprint density at radius 1 is 1.67 bits per heavy atom. The van der Waals surface area contributed by atoms with Gasteiger partial charge in [-0.15, -0.1) is 0 Å². The molecule has 3 nitrogen and oxygen atoms in total. The van der Waals surface area contributed by atoms with E-state index in [0.717, 1.165) is 0 Å². The monoisotopic (exact) mass is 166 g/mol. The Labute approximate surface area is 69.0 Å². The van der Waals surface area contributed by atoms with Gasteiger partial charge in [-0.1, -0.05) is 13.3 Å². The van der Waals surface area contributed by atoms with Gasteiger partial charge in [-0.3, -0.25) is 0 Å². The van der Waals surface area contributed by atoms with Gasteiger partial charge in [0.1, 0.15) is 0 Å². The summed E-state index contributed by atoms with van der Waals surface area (Å²) < 4.78 is 0. The van der Waals surface area contributed by atoms with Crippen molar-refractivity contribution in [1.29, 1.82) is 0 Å². The molecular formula is C5H10O3Ti. The molecule has 1 atom stereocenters. The number of aliphatic hydroxyl groups excluding tert-OH is 1. The van der Waals surface area contributed by atoms with Crippen molar-refractivity contribution in [1.82, 2.24) is 0 Å². The first-order chi connectivity index (χ1) is 3.68. The Bertz CT molecular complexity index is 84.3. The van der Waals surface area contributed by atoms with E-state index in [9.17, 15) is 4.79 Å². The number of carbonyl (C=O) groups is 1.